The summed E-state index contributed by atoms with van der Waals surface area (Å²) in [6.07, 6.45) is -0.0482. The zero-order chi connectivity index (χ0) is 32.4. The van der Waals surface area contributed by atoms with E-state index in [0.29, 0.717) is 31.1 Å². The van der Waals surface area contributed by atoms with Crippen molar-refractivity contribution in [2.45, 2.75) is 88.5 Å². The lowest BCUT2D eigenvalue weighted by Gasteiger charge is -2.42. The fraction of sp³-hybridized carbons (Fsp3) is 0.625. The van der Waals surface area contributed by atoms with E-state index in [-0.39, 0.29) is 57.8 Å². The molecule has 6 aliphatic rings. The number of nitrogens with one attached hydrogen (secondary N) is 1. The Morgan fingerprint density at radius 1 is 1.15 bits per heavy atom. The van der Waals surface area contributed by atoms with Gasteiger partial charge in [-0.15, -0.1) is 0 Å². The summed E-state index contributed by atoms with van der Waals surface area (Å²) < 4.78 is 78.5. The number of halogens is 4. The van der Waals surface area contributed by atoms with E-state index in [2.05, 4.69) is 30.1 Å². The average Bonchev–Trinajstić information content (AvgIpc) is 3.28. The first-order chi connectivity index (χ1) is 22.5. The van der Waals surface area contributed by atoms with Crippen LogP contribution in [0.5, 0.6) is 11.9 Å². The zero-order valence-electron chi connectivity index (χ0n) is 26.1. The van der Waals surface area contributed by atoms with Gasteiger partial charge in [0.1, 0.15) is 34.3 Å². The summed E-state index contributed by atoms with van der Waals surface area (Å²) in [5, 5.41) is 3.87. The van der Waals surface area contributed by atoms with Crippen molar-refractivity contribution in [1.82, 2.24) is 30.2 Å². The van der Waals surface area contributed by atoms with Gasteiger partial charge in [0, 0.05) is 48.7 Å². The number of alkyl halides is 3. The van der Waals surface area contributed by atoms with Crippen LogP contribution in [0, 0.1) is 18.2 Å². The lowest BCUT2D eigenvalue weighted by atomic mass is 9.99. The van der Waals surface area contributed by atoms with E-state index in [1.54, 1.807) is 0 Å². The molecule has 1 saturated carbocycles. The molecule has 3 aromatic rings. The van der Waals surface area contributed by atoms with Gasteiger partial charge >= 0.3 is 12.2 Å². The summed E-state index contributed by atoms with van der Waals surface area (Å²) in [5.74, 6) is -0.825. The molecule has 6 atom stereocenters. The molecule has 1 aliphatic carbocycles. The highest BCUT2D eigenvalue weighted by Gasteiger charge is 2.50. The molecule has 4 saturated heterocycles. The third-order valence-electron chi connectivity index (χ3n) is 11.0. The number of piperazine rings is 1. The van der Waals surface area contributed by atoms with Gasteiger partial charge in [-0.1, -0.05) is 0 Å². The Morgan fingerprint density at radius 3 is 2.70 bits per heavy atom. The lowest BCUT2D eigenvalue weighted by Crippen LogP contribution is -2.62. The second-order valence-corrected chi connectivity index (χ2v) is 14.3. The van der Waals surface area contributed by atoms with E-state index in [9.17, 15) is 13.2 Å². The molecule has 9 rings (SSSR count). The Labute approximate surface area is 268 Å². The minimum atomic E-state index is -4.85. The summed E-state index contributed by atoms with van der Waals surface area (Å²) in [6.45, 7) is 6.58. The fourth-order valence-electron chi connectivity index (χ4n) is 8.62. The third-order valence-corrected chi connectivity index (χ3v) is 11.0. The van der Waals surface area contributed by atoms with E-state index in [1.165, 1.54) is 6.92 Å². The number of likely N-dealkylation sites (tertiary alicyclic amines) is 1. The molecule has 0 unspecified atom stereocenters. The topological polar surface area (TPSA) is 124 Å². The van der Waals surface area contributed by atoms with Crippen molar-refractivity contribution in [2.75, 3.05) is 43.5 Å². The summed E-state index contributed by atoms with van der Waals surface area (Å²) in [7, 11) is 0. The van der Waals surface area contributed by atoms with Gasteiger partial charge in [-0.2, -0.15) is 23.1 Å². The highest BCUT2D eigenvalue weighted by atomic mass is 19.4. The van der Waals surface area contributed by atoms with Gasteiger partial charge in [0.25, 0.3) is 0 Å². The molecule has 15 heteroatoms. The number of nitrogens with zero attached hydrogens (tertiary/aromatic N) is 6. The molecule has 3 aromatic heterocycles. The van der Waals surface area contributed by atoms with Crippen molar-refractivity contribution in [3.05, 3.63) is 23.1 Å². The molecule has 250 valence electrons. The Bertz CT molecular complexity index is 1790. The van der Waals surface area contributed by atoms with Crippen LogP contribution in [-0.4, -0.2) is 94.1 Å². The maximum atomic E-state index is 16.8. The predicted molar refractivity (Wildman–Crippen MR) is 163 cm³/mol. The number of fused-ring (bicyclic) bond motifs is 7. The summed E-state index contributed by atoms with van der Waals surface area (Å²) >= 11 is 0. The molecular formula is C32H36F4N8O3. The number of pyridine rings is 2. The number of nitrogen functional groups attached to an aromatic ring is 1. The second kappa shape index (κ2) is 10.2. The van der Waals surface area contributed by atoms with Crippen LogP contribution >= 0.6 is 0 Å². The maximum absolute atomic E-state index is 16.8. The normalized spacial score (nSPS) is 30.4. The van der Waals surface area contributed by atoms with Gasteiger partial charge in [0.05, 0.1) is 36.6 Å². The minimum absolute atomic E-state index is 0.0206. The van der Waals surface area contributed by atoms with Crippen molar-refractivity contribution < 1.29 is 31.8 Å². The average molecular weight is 657 g/mol. The van der Waals surface area contributed by atoms with Gasteiger partial charge in [-0.25, -0.2) is 14.4 Å². The Balaban J connectivity index is 1.17. The number of aromatic nitrogens is 4. The summed E-state index contributed by atoms with van der Waals surface area (Å²) in [5.41, 5.74) is 3.04. The standard InChI is InChI=1S/C32H36F4N8O3/c1-14-23(32(34,35)36)19(8-21(37)38-14)25-24(33)26-22-28(44-9-16-3-4-20(39-16)27(44)15(2)47-29(22)40-25)42-30(41-26)46-13-31(5-6-31)12-43-10-18-7-17(43)11-45-18/h8,15-18,20,27,39H,3-7,9-13H2,1-2H3,(H2,37,38)/t15-,16+,17-,18-,20-,27+/m0/s1. The molecule has 4 bridgehead atoms. The first-order valence-electron chi connectivity index (χ1n) is 16.4. The predicted octanol–water partition coefficient (Wildman–Crippen LogP) is 3.86. The number of aryl methyl sites for hydroxylation is 1. The molecule has 0 amide bonds. The van der Waals surface area contributed by atoms with Crippen molar-refractivity contribution in [3.63, 3.8) is 0 Å². The minimum Gasteiger partial charge on any atom is -0.472 e. The molecule has 5 aliphatic heterocycles. The number of rotatable bonds is 6. The Morgan fingerprint density at radius 2 is 1.98 bits per heavy atom. The molecule has 8 heterocycles. The van der Waals surface area contributed by atoms with E-state index in [4.69, 9.17) is 24.9 Å². The van der Waals surface area contributed by atoms with Crippen LogP contribution in [0.1, 0.15) is 50.3 Å². The number of anilines is 2. The highest BCUT2D eigenvalue weighted by molar-refractivity contribution is 5.97. The van der Waals surface area contributed by atoms with Crippen LogP contribution in [0.2, 0.25) is 0 Å². The number of ether oxygens (including phenoxy) is 3. The fourth-order valence-corrected chi connectivity index (χ4v) is 8.62. The van der Waals surface area contributed by atoms with E-state index in [0.717, 1.165) is 57.9 Å². The number of morpholine rings is 1. The van der Waals surface area contributed by atoms with Crippen LogP contribution in [0.4, 0.5) is 29.2 Å². The highest BCUT2D eigenvalue weighted by Crippen LogP contribution is 2.49. The van der Waals surface area contributed by atoms with Gasteiger partial charge in [0.2, 0.25) is 5.88 Å². The number of nitrogens with two attached hydrogens (primary N) is 1. The van der Waals surface area contributed by atoms with Crippen molar-refractivity contribution in [2.24, 2.45) is 5.41 Å². The lowest BCUT2D eigenvalue weighted by molar-refractivity contribution is -0.137. The van der Waals surface area contributed by atoms with Crippen LogP contribution < -0.4 is 25.4 Å². The van der Waals surface area contributed by atoms with Gasteiger partial charge in [-0.05, 0) is 52.0 Å². The SMILES string of the molecule is Cc1nc(N)cc(-c2nc3c4c(nc(OCC5(CN6C[C@@H]7C[C@H]6CO7)CC5)nc4c2F)N2C[C@H]4CC[C@H](N4)[C@H]2[C@H](C)O3)c1C(F)(F)F. The zero-order valence-corrected chi connectivity index (χ0v) is 26.1. The molecule has 0 spiro atoms. The van der Waals surface area contributed by atoms with Crippen molar-refractivity contribution in [1.29, 1.82) is 0 Å². The summed E-state index contributed by atoms with van der Waals surface area (Å²) in [6, 6.07) is 1.53. The quantitative estimate of drug-likeness (QED) is 0.376. The van der Waals surface area contributed by atoms with Crippen LogP contribution in [0.15, 0.2) is 6.07 Å². The number of hydrogen-bond donors (Lipinski definition) is 2. The molecule has 3 N–H and O–H groups in total. The Kier molecular flexibility index (Phi) is 6.43. The smallest absolute Gasteiger partial charge is 0.418 e. The largest absolute Gasteiger partial charge is 0.472 e. The van der Waals surface area contributed by atoms with E-state index >= 15 is 4.39 Å². The monoisotopic (exact) mass is 656 g/mol. The van der Waals surface area contributed by atoms with E-state index < -0.39 is 34.9 Å². The molecule has 0 radical (unpaired) electrons. The van der Waals surface area contributed by atoms with Crippen molar-refractivity contribution >= 4 is 22.5 Å². The van der Waals surface area contributed by atoms with Gasteiger partial charge < -0.3 is 30.2 Å². The third kappa shape index (κ3) is 4.78. The Hall–Kier alpha value is -3.56. The molecule has 5 fully saturated rings. The maximum Gasteiger partial charge on any atom is 0.418 e. The molecular weight excluding hydrogens is 620 g/mol. The molecule has 11 nitrogen and oxygen atoms in total. The van der Waals surface area contributed by atoms with Gasteiger partial charge in [0.15, 0.2) is 5.82 Å². The van der Waals surface area contributed by atoms with E-state index in [1.807, 2.05) is 6.92 Å². The van der Waals surface area contributed by atoms with Crippen LogP contribution in [-0.2, 0) is 10.9 Å². The first kappa shape index (κ1) is 29.6. The van der Waals surface area contributed by atoms with Gasteiger partial charge in [-0.3, -0.25) is 4.90 Å². The second-order valence-electron chi connectivity index (χ2n) is 14.3. The molecule has 0 aromatic carbocycles. The van der Waals surface area contributed by atoms with Crippen LogP contribution in [0.25, 0.3) is 22.2 Å². The van der Waals surface area contributed by atoms with Crippen LogP contribution in [0.3, 0.4) is 0 Å². The number of hydrogen-bond acceptors (Lipinski definition) is 11. The summed E-state index contributed by atoms with van der Waals surface area (Å²) in [4.78, 5) is 22.2. The molecule has 47 heavy (non-hydrogen) atoms. The van der Waals surface area contributed by atoms with Crippen molar-refractivity contribution in [3.8, 4) is 23.1 Å². The first-order valence-corrected chi connectivity index (χ1v) is 16.4.